The minimum Gasteiger partial charge on any atom is -0.337 e. The van der Waals surface area contributed by atoms with Crippen LogP contribution in [0.2, 0.25) is 0 Å². The Hall–Kier alpha value is -1.35. The van der Waals surface area contributed by atoms with Gasteiger partial charge in [0.05, 0.1) is 0 Å². The van der Waals surface area contributed by atoms with Gasteiger partial charge in [-0.1, -0.05) is 12.1 Å². The monoisotopic (exact) mass is 204 g/mol. The van der Waals surface area contributed by atoms with Crippen LogP contribution >= 0.6 is 0 Å². The van der Waals surface area contributed by atoms with Crippen LogP contribution in [-0.2, 0) is 13.0 Å². The van der Waals surface area contributed by atoms with Crippen LogP contribution in [0.3, 0.4) is 0 Å². The van der Waals surface area contributed by atoms with Crippen molar-refractivity contribution >= 4 is 5.91 Å². The van der Waals surface area contributed by atoms with Crippen molar-refractivity contribution in [2.75, 3.05) is 20.6 Å². The first kappa shape index (κ1) is 10.2. The Labute approximate surface area is 90.1 Å². The number of carbonyl (C=O) groups is 1. The smallest absolute Gasteiger partial charge is 0.254 e. The van der Waals surface area contributed by atoms with Gasteiger partial charge in [-0.05, 0) is 37.2 Å². The Morgan fingerprint density at radius 1 is 1.47 bits per heavy atom. The summed E-state index contributed by atoms with van der Waals surface area (Å²) in [7, 11) is 3.78. The first-order valence-corrected chi connectivity index (χ1v) is 5.24. The average Bonchev–Trinajstić information content (AvgIpc) is 2.52. The van der Waals surface area contributed by atoms with Gasteiger partial charge in [0.25, 0.3) is 5.91 Å². The second-order valence-electron chi connectivity index (χ2n) is 4.01. The third-order valence-corrected chi connectivity index (χ3v) is 2.82. The molecule has 0 fully saturated rings. The molecule has 1 aliphatic rings. The molecule has 0 saturated heterocycles. The topological polar surface area (TPSA) is 32.3 Å². The zero-order chi connectivity index (χ0) is 10.8. The predicted molar refractivity (Wildman–Crippen MR) is 59.9 cm³/mol. The zero-order valence-electron chi connectivity index (χ0n) is 9.21. The lowest BCUT2D eigenvalue weighted by Crippen LogP contribution is -2.17. The van der Waals surface area contributed by atoms with E-state index in [0.717, 1.165) is 30.6 Å². The van der Waals surface area contributed by atoms with Gasteiger partial charge in [-0.2, -0.15) is 0 Å². The molecule has 2 rings (SSSR count). The number of benzene rings is 1. The van der Waals surface area contributed by atoms with E-state index in [0.29, 0.717) is 0 Å². The van der Waals surface area contributed by atoms with E-state index in [1.54, 1.807) is 4.90 Å². The summed E-state index contributed by atoms with van der Waals surface area (Å²) in [6.45, 7) is 1.70. The molecule has 0 saturated carbocycles. The molecule has 3 nitrogen and oxygen atoms in total. The fourth-order valence-electron chi connectivity index (χ4n) is 1.92. The summed E-state index contributed by atoms with van der Waals surface area (Å²) in [5.74, 6) is 0.149. The number of amides is 1. The molecule has 1 aromatic carbocycles. The van der Waals surface area contributed by atoms with Gasteiger partial charge < -0.3 is 10.2 Å². The lowest BCUT2D eigenvalue weighted by atomic mass is 10.0. The van der Waals surface area contributed by atoms with Crippen molar-refractivity contribution in [2.45, 2.75) is 13.0 Å². The van der Waals surface area contributed by atoms with E-state index < -0.39 is 0 Å². The van der Waals surface area contributed by atoms with Crippen molar-refractivity contribution in [3.05, 3.63) is 34.9 Å². The van der Waals surface area contributed by atoms with Gasteiger partial charge in [0.2, 0.25) is 0 Å². The molecule has 0 radical (unpaired) electrons. The standard InChI is InChI=1S/C12H16N2O/c1-13-6-5-9-3-4-10-8-14(2)12(15)11(10)7-9/h3-4,7,13H,5-6,8H2,1-2H3. The second kappa shape index (κ2) is 4.03. The number of hydrogen-bond acceptors (Lipinski definition) is 2. The van der Waals surface area contributed by atoms with E-state index in [2.05, 4.69) is 17.4 Å². The summed E-state index contributed by atoms with van der Waals surface area (Å²) in [5, 5.41) is 3.11. The number of carbonyl (C=O) groups excluding carboxylic acids is 1. The van der Waals surface area contributed by atoms with Crippen molar-refractivity contribution in [3.8, 4) is 0 Å². The second-order valence-corrected chi connectivity index (χ2v) is 4.01. The summed E-state index contributed by atoms with van der Waals surface area (Å²) in [6, 6.07) is 6.21. The highest BCUT2D eigenvalue weighted by Crippen LogP contribution is 2.22. The quantitative estimate of drug-likeness (QED) is 0.797. The molecular formula is C12H16N2O. The molecule has 15 heavy (non-hydrogen) atoms. The zero-order valence-corrected chi connectivity index (χ0v) is 9.21. The minimum atomic E-state index is 0.149. The summed E-state index contributed by atoms with van der Waals surface area (Å²) in [5.41, 5.74) is 3.26. The van der Waals surface area contributed by atoms with Crippen molar-refractivity contribution in [1.82, 2.24) is 10.2 Å². The van der Waals surface area contributed by atoms with Crippen molar-refractivity contribution in [1.29, 1.82) is 0 Å². The van der Waals surface area contributed by atoms with Crippen LogP contribution in [0, 0.1) is 0 Å². The number of fused-ring (bicyclic) bond motifs is 1. The van der Waals surface area contributed by atoms with Crippen molar-refractivity contribution < 1.29 is 4.79 Å². The number of rotatable bonds is 3. The van der Waals surface area contributed by atoms with Crippen LogP contribution in [0.4, 0.5) is 0 Å². The van der Waals surface area contributed by atoms with Crippen molar-refractivity contribution in [2.24, 2.45) is 0 Å². The van der Waals surface area contributed by atoms with Crippen LogP contribution in [-0.4, -0.2) is 31.4 Å². The Kier molecular flexibility index (Phi) is 2.73. The average molecular weight is 204 g/mol. The Morgan fingerprint density at radius 3 is 3.00 bits per heavy atom. The largest absolute Gasteiger partial charge is 0.337 e. The third kappa shape index (κ3) is 1.88. The highest BCUT2D eigenvalue weighted by Gasteiger charge is 2.23. The molecule has 3 heteroatoms. The molecule has 80 valence electrons. The number of nitrogens with zero attached hydrogens (tertiary/aromatic N) is 1. The fraction of sp³-hybridized carbons (Fsp3) is 0.417. The summed E-state index contributed by atoms with van der Waals surface area (Å²) in [6.07, 6.45) is 0.973. The van der Waals surface area contributed by atoms with Gasteiger partial charge in [0.15, 0.2) is 0 Å². The van der Waals surface area contributed by atoms with Crippen molar-refractivity contribution in [3.63, 3.8) is 0 Å². The Balaban J connectivity index is 2.23. The molecular weight excluding hydrogens is 188 g/mol. The van der Waals surface area contributed by atoms with E-state index in [-0.39, 0.29) is 5.91 Å². The van der Waals surface area contributed by atoms with Gasteiger partial charge in [0, 0.05) is 19.2 Å². The molecule has 0 aliphatic carbocycles. The molecule has 1 aromatic rings. The fourth-order valence-corrected chi connectivity index (χ4v) is 1.92. The van der Waals surface area contributed by atoms with E-state index in [9.17, 15) is 4.79 Å². The highest BCUT2D eigenvalue weighted by atomic mass is 16.2. The molecule has 0 unspecified atom stereocenters. The van der Waals surface area contributed by atoms with E-state index >= 15 is 0 Å². The molecule has 0 atom stereocenters. The molecule has 1 aliphatic heterocycles. The van der Waals surface area contributed by atoms with Gasteiger partial charge in [-0.25, -0.2) is 0 Å². The lowest BCUT2D eigenvalue weighted by molar-refractivity contribution is 0.0816. The third-order valence-electron chi connectivity index (χ3n) is 2.82. The maximum Gasteiger partial charge on any atom is 0.254 e. The lowest BCUT2D eigenvalue weighted by Gasteiger charge is -2.04. The highest BCUT2D eigenvalue weighted by molar-refractivity contribution is 5.98. The number of likely N-dealkylation sites (N-methyl/N-ethyl adjacent to an activating group) is 1. The minimum absolute atomic E-state index is 0.149. The molecule has 1 heterocycles. The van der Waals surface area contributed by atoms with Crippen LogP contribution in [0.1, 0.15) is 21.5 Å². The number of nitrogens with one attached hydrogen (secondary N) is 1. The first-order valence-electron chi connectivity index (χ1n) is 5.24. The van der Waals surface area contributed by atoms with E-state index in [4.69, 9.17) is 0 Å². The summed E-state index contributed by atoms with van der Waals surface area (Å²) >= 11 is 0. The molecule has 0 bridgehead atoms. The van der Waals surface area contributed by atoms with Gasteiger partial charge >= 0.3 is 0 Å². The van der Waals surface area contributed by atoms with E-state index in [1.807, 2.05) is 20.2 Å². The Bertz CT molecular complexity index is 387. The van der Waals surface area contributed by atoms with Gasteiger partial charge in [-0.15, -0.1) is 0 Å². The first-order chi connectivity index (χ1) is 7.22. The van der Waals surface area contributed by atoms with Crippen LogP contribution in [0.15, 0.2) is 18.2 Å². The normalized spacial score (nSPS) is 14.5. The molecule has 1 N–H and O–H groups in total. The Morgan fingerprint density at radius 2 is 2.27 bits per heavy atom. The summed E-state index contributed by atoms with van der Waals surface area (Å²) < 4.78 is 0. The number of hydrogen-bond donors (Lipinski definition) is 1. The maximum absolute atomic E-state index is 11.7. The summed E-state index contributed by atoms with van der Waals surface area (Å²) in [4.78, 5) is 13.5. The molecule has 0 aromatic heterocycles. The predicted octanol–water partition coefficient (Wildman–Crippen LogP) is 1.03. The van der Waals surface area contributed by atoms with Crippen LogP contribution in [0.5, 0.6) is 0 Å². The van der Waals surface area contributed by atoms with Gasteiger partial charge in [-0.3, -0.25) is 4.79 Å². The molecule has 0 spiro atoms. The molecule has 1 amide bonds. The van der Waals surface area contributed by atoms with Crippen LogP contribution in [0.25, 0.3) is 0 Å². The SMILES string of the molecule is CNCCc1ccc2c(c1)C(=O)N(C)C2. The van der Waals surface area contributed by atoms with Crippen LogP contribution < -0.4 is 5.32 Å². The maximum atomic E-state index is 11.7. The van der Waals surface area contributed by atoms with E-state index in [1.165, 1.54) is 5.56 Å². The van der Waals surface area contributed by atoms with Gasteiger partial charge in [0.1, 0.15) is 0 Å².